The Morgan fingerprint density at radius 2 is 2.00 bits per heavy atom. The van der Waals surface area contributed by atoms with Gasteiger partial charge in [0.1, 0.15) is 23.9 Å². The predicted molar refractivity (Wildman–Crippen MR) is 95.8 cm³/mol. The number of amides is 1. The number of rotatable bonds is 5. The summed E-state index contributed by atoms with van der Waals surface area (Å²) in [4.78, 5) is 12.5. The Kier molecular flexibility index (Phi) is 4.86. The minimum absolute atomic E-state index is 0.160. The average molecular weight is 337 g/mol. The van der Waals surface area contributed by atoms with Crippen LogP contribution in [-0.4, -0.2) is 18.1 Å². The van der Waals surface area contributed by atoms with Crippen LogP contribution in [0.4, 0.5) is 5.69 Å². The summed E-state index contributed by atoms with van der Waals surface area (Å²) in [6, 6.07) is 16.2. The van der Waals surface area contributed by atoms with Crippen molar-refractivity contribution in [1.82, 2.24) is 0 Å². The van der Waals surface area contributed by atoms with Gasteiger partial charge in [-0.05, 0) is 49.4 Å². The minimum atomic E-state index is -0.213. The van der Waals surface area contributed by atoms with Crippen LogP contribution in [0.25, 0.3) is 11.3 Å². The fourth-order valence-corrected chi connectivity index (χ4v) is 2.56. The first-order valence-corrected chi connectivity index (χ1v) is 7.86. The van der Waals surface area contributed by atoms with Crippen molar-refractivity contribution in [1.29, 1.82) is 0 Å². The van der Waals surface area contributed by atoms with Gasteiger partial charge in [-0.1, -0.05) is 17.7 Å². The van der Waals surface area contributed by atoms with E-state index >= 15 is 0 Å². The number of aliphatic hydroxyl groups is 1. The van der Waals surface area contributed by atoms with Crippen LogP contribution in [0.1, 0.15) is 21.7 Å². The highest BCUT2D eigenvalue weighted by molar-refractivity contribution is 6.05. The Hall–Kier alpha value is -3.05. The average Bonchev–Trinajstić information content (AvgIpc) is 3.11. The number of ether oxygens (including phenoxy) is 1. The van der Waals surface area contributed by atoms with Crippen molar-refractivity contribution in [3.63, 3.8) is 0 Å². The number of hydrogen-bond acceptors (Lipinski definition) is 4. The molecule has 25 heavy (non-hydrogen) atoms. The molecule has 0 unspecified atom stereocenters. The van der Waals surface area contributed by atoms with Gasteiger partial charge in [0.2, 0.25) is 0 Å². The summed E-state index contributed by atoms with van der Waals surface area (Å²) >= 11 is 0. The van der Waals surface area contributed by atoms with Gasteiger partial charge in [0.25, 0.3) is 5.91 Å². The third-order valence-corrected chi connectivity index (χ3v) is 3.83. The van der Waals surface area contributed by atoms with Crippen LogP contribution < -0.4 is 10.1 Å². The van der Waals surface area contributed by atoms with E-state index in [2.05, 4.69) is 5.32 Å². The molecular weight excluding hydrogens is 318 g/mol. The first-order chi connectivity index (χ1) is 12.1. The lowest BCUT2D eigenvalue weighted by Gasteiger charge is -2.12. The largest absolute Gasteiger partial charge is 0.495 e. The van der Waals surface area contributed by atoms with E-state index in [4.69, 9.17) is 14.3 Å². The van der Waals surface area contributed by atoms with Crippen LogP contribution >= 0.6 is 0 Å². The van der Waals surface area contributed by atoms with E-state index in [1.807, 2.05) is 31.2 Å². The Morgan fingerprint density at radius 1 is 1.16 bits per heavy atom. The lowest BCUT2D eigenvalue weighted by molar-refractivity contribution is 0.102. The standard InChI is InChI=1S/C20H19NO4/c1-13-4-3-5-15(10-13)20(23)21-17-11-14(6-8-19(17)24-2)18-9-7-16(12-22)25-18/h3-11,22H,12H2,1-2H3,(H,21,23). The lowest BCUT2D eigenvalue weighted by Crippen LogP contribution is -2.12. The summed E-state index contributed by atoms with van der Waals surface area (Å²) in [7, 11) is 1.55. The first-order valence-electron chi connectivity index (χ1n) is 7.86. The van der Waals surface area contributed by atoms with E-state index in [0.717, 1.165) is 11.1 Å². The minimum Gasteiger partial charge on any atom is -0.495 e. The molecule has 0 radical (unpaired) electrons. The van der Waals surface area contributed by atoms with Gasteiger partial charge in [0, 0.05) is 11.1 Å². The molecule has 0 bridgehead atoms. The summed E-state index contributed by atoms with van der Waals surface area (Å²) in [6.45, 7) is 1.78. The van der Waals surface area contributed by atoms with Gasteiger partial charge in [-0.25, -0.2) is 0 Å². The molecule has 0 aliphatic rings. The molecule has 5 heteroatoms. The Bertz CT molecular complexity index is 898. The van der Waals surface area contributed by atoms with E-state index < -0.39 is 0 Å². The molecule has 3 rings (SSSR count). The molecule has 0 saturated heterocycles. The normalized spacial score (nSPS) is 10.5. The van der Waals surface area contributed by atoms with Crippen LogP contribution in [-0.2, 0) is 6.61 Å². The van der Waals surface area contributed by atoms with Crippen molar-refractivity contribution >= 4 is 11.6 Å². The number of furan rings is 1. The summed E-state index contributed by atoms with van der Waals surface area (Å²) in [5.74, 6) is 1.43. The molecule has 3 aromatic rings. The van der Waals surface area contributed by atoms with Crippen LogP contribution in [0.3, 0.4) is 0 Å². The molecule has 0 aliphatic carbocycles. The molecule has 0 spiro atoms. The first kappa shape index (κ1) is 16.8. The topological polar surface area (TPSA) is 71.7 Å². The van der Waals surface area contributed by atoms with E-state index in [1.54, 1.807) is 37.4 Å². The fraction of sp³-hybridized carbons (Fsp3) is 0.150. The maximum atomic E-state index is 12.5. The second-order valence-electron chi connectivity index (χ2n) is 5.66. The highest BCUT2D eigenvalue weighted by Crippen LogP contribution is 2.32. The number of aryl methyl sites for hydroxylation is 1. The Labute approximate surface area is 145 Å². The molecule has 1 heterocycles. The number of aliphatic hydroxyl groups excluding tert-OH is 1. The molecule has 1 amide bonds. The highest BCUT2D eigenvalue weighted by Gasteiger charge is 2.13. The summed E-state index contributed by atoms with van der Waals surface area (Å²) in [5.41, 5.74) is 2.92. The van der Waals surface area contributed by atoms with Gasteiger partial charge in [-0.15, -0.1) is 0 Å². The van der Waals surface area contributed by atoms with Gasteiger partial charge in [0.15, 0.2) is 0 Å². The van der Waals surface area contributed by atoms with Crippen LogP contribution in [0, 0.1) is 6.92 Å². The van der Waals surface area contributed by atoms with Crippen LogP contribution in [0.2, 0.25) is 0 Å². The van der Waals surface area contributed by atoms with Crippen molar-refractivity contribution in [2.24, 2.45) is 0 Å². The number of carbonyl (C=O) groups is 1. The molecule has 1 aromatic heterocycles. The molecule has 0 atom stereocenters. The van der Waals surface area contributed by atoms with Gasteiger partial charge in [-0.2, -0.15) is 0 Å². The molecular formula is C20H19NO4. The number of nitrogens with one attached hydrogen (secondary N) is 1. The maximum absolute atomic E-state index is 12.5. The molecule has 2 N–H and O–H groups in total. The second-order valence-corrected chi connectivity index (χ2v) is 5.66. The van der Waals surface area contributed by atoms with Crippen molar-refractivity contribution in [2.75, 3.05) is 12.4 Å². The van der Waals surface area contributed by atoms with E-state index in [0.29, 0.717) is 28.5 Å². The number of benzene rings is 2. The third kappa shape index (κ3) is 3.72. The maximum Gasteiger partial charge on any atom is 0.255 e. The fourth-order valence-electron chi connectivity index (χ4n) is 2.56. The summed E-state index contributed by atoms with van der Waals surface area (Å²) in [5, 5.41) is 12.0. The van der Waals surface area contributed by atoms with E-state index in [-0.39, 0.29) is 12.5 Å². The van der Waals surface area contributed by atoms with E-state index in [9.17, 15) is 4.79 Å². The number of carbonyl (C=O) groups excluding carboxylic acids is 1. The van der Waals surface area contributed by atoms with Crippen LogP contribution in [0.15, 0.2) is 59.0 Å². The molecule has 2 aromatic carbocycles. The van der Waals surface area contributed by atoms with Gasteiger partial charge < -0.3 is 19.6 Å². The lowest BCUT2D eigenvalue weighted by atomic mass is 10.1. The van der Waals surface area contributed by atoms with Gasteiger partial charge >= 0.3 is 0 Å². The van der Waals surface area contributed by atoms with Crippen molar-refractivity contribution in [3.05, 3.63) is 71.5 Å². The number of anilines is 1. The Balaban J connectivity index is 1.91. The molecule has 0 aliphatic heterocycles. The monoisotopic (exact) mass is 337 g/mol. The zero-order valence-corrected chi connectivity index (χ0v) is 14.1. The second kappa shape index (κ2) is 7.23. The Morgan fingerprint density at radius 3 is 2.68 bits per heavy atom. The molecule has 128 valence electrons. The molecule has 0 saturated carbocycles. The van der Waals surface area contributed by atoms with E-state index in [1.165, 1.54) is 0 Å². The smallest absolute Gasteiger partial charge is 0.255 e. The van der Waals surface area contributed by atoms with Gasteiger partial charge in [0.05, 0.1) is 12.8 Å². The molecule has 0 fully saturated rings. The summed E-state index contributed by atoms with van der Waals surface area (Å²) in [6.07, 6.45) is 0. The quantitative estimate of drug-likeness (QED) is 0.738. The van der Waals surface area contributed by atoms with Crippen molar-refractivity contribution in [2.45, 2.75) is 13.5 Å². The number of methoxy groups -OCH3 is 1. The van der Waals surface area contributed by atoms with Crippen molar-refractivity contribution in [3.8, 4) is 17.1 Å². The van der Waals surface area contributed by atoms with Crippen LogP contribution in [0.5, 0.6) is 5.75 Å². The zero-order valence-electron chi connectivity index (χ0n) is 14.1. The summed E-state index contributed by atoms with van der Waals surface area (Å²) < 4.78 is 10.9. The molecule has 5 nitrogen and oxygen atoms in total. The van der Waals surface area contributed by atoms with Crippen molar-refractivity contribution < 1.29 is 19.1 Å². The number of hydrogen-bond donors (Lipinski definition) is 2. The van der Waals surface area contributed by atoms with Gasteiger partial charge in [-0.3, -0.25) is 4.79 Å². The highest BCUT2D eigenvalue weighted by atomic mass is 16.5. The predicted octanol–water partition coefficient (Wildman–Crippen LogP) is 4.01. The third-order valence-electron chi connectivity index (χ3n) is 3.83. The SMILES string of the molecule is COc1ccc(-c2ccc(CO)o2)cc1NC(=O)c1cccc(C)c1. The zero-order chi connectivity index (χ0) is 17.8.